The highest BCUT2D eigenvalue weighted by Crippen LogP contribution is 2.22. The molecule has 0 bridgehead atoms. The van der Waals surface area contributed by atoms with Gasteiger partial charge >= 0.3 is 0 Å². The van der Waals surface area contributed by atoms with Gasteiger partial charge in [0.05, 0.1) is 23.5 Å². The number of halogens is 1. The Kier molecular flexibility index (Phi) is 4.90. The van der Waals surface area contributed by atoms with E-state index in [1.165, 1.54) is 11.3 Å². The Morgan fingerprint density at radius 2 is 1.83 bits per heavy atom. The lowest BCUT2D eigenvalue weighted by molar-refractivity contribution is 0.848. The van der Waals surface area contributed by atoms with Gasteiger partial charge in [0.2, 0.25) is 4.80 Å². The van der Waals surface area contributed by atoms with E-state index in [4.69, 9.17) is 16.9 Å². The van der Waals surface area contributed by atoms with Crippen LogP contribution in [0.4, 0.5) is 0 Å². The molecule has 0 amide bonds. The highest BCUT2D eigenvalue weighted by atomic mass is 35.5. The third-order valence-corrected chi connectivity index (χ3v) is 4.54. The van der Waals surface area contributed by atoms with Gasteiger partial charge in [-0.25, -0.2) is 4.68 Å². The molecule has 0 atom stereocenters. The Morgan fingerprint density at radius 3 is 2.46 bits per heavy atom. The zero-order valence-corrected chi connectivity index (χ0v) is 14.4. The molecule has 0 N–H and O–H groups in total. The molecule has 0 saturated heterocycles. The van der Waals surface area contributed by atoms with E-state index >= 15 is 0 Å². The Morgan fingerprint density at radius 1 is 1.12 bits per heavy atom. The van der Waals surface area contributed by atoms with Crippen molar-refractivity contribution in [1.82, 2.24) is 4.68 Å². The second-order valence-corrected chi connectivity index (χ2v) is 6.20. The van der Waals surface area contributed by atoms with Gasteiger partial charge in [-0.2, -0.15) is 10.4 Å². The first-order valence-corrected chi connectivity index (χ1v) is 8.41. The van der Waals surface area contributed by atoms with Crippen molar-refractivity contribution in [2.75, 3.05) is 7.05 Å². The van der Waals surface area contributed by atoms with Gasteiger partial charge in [-0.3, -0.25) is 4.99 Å². The van der Waals surface area contributed by atoms with Crippen LogP contribution in [0, 0.1) is 11.3 Å². The molecule has 3 rings (SSSR count). The molecule has 1 aromatic heterocycles. The van der Waals surface area contributed by atoms with Crippen molar-refractivity contribution in [3.8, 4) is 17.3 Å². The molecule has 118 valence electrons. The molecule has 2 aromatic carbocycles. The van der Waals surface area contributed by atoms with E-state index in [1.807, 2.05) is 41.8 Å². The van der Waals surface area contributed by atoms with Crippen molar-refractivity contribution in [2.45, 2.75) is 0 Å². The molecule has 3 aromatic rings. The lowest BCUT2D eigenvalue weighted by atomic mass is 10.2. The topological polar surface area (TPSA) is 53.4 Å². The standard InChI is InChI=1S/C18H13ClN4S/c1-21-18-23(22-11-14-4-2-13(10-20)3-5-14)17(12-24-18)15-6-8-16(19)9-7-15/h2-9,11-12H,1H3/b21-18?,22-11+. The van der Waals surface area contributed by atoms with Gasteiger partial charge in [0.25, 0.3) is 0 Å². The van der Waals surface area contributed by atoms with E-state index < -0.39 is 0 Å². The maximum Gasteiger partial charge on any atom is 0.205 e. The van der Waals surface area contributed by atoms with Gasteiger partial charge in [-0.1, -0.05) is 35.9 Å². The molecule has 24 heavy (non-hydrogen) atoms. The molecule has 0 aliphatic carbocycles. The Hall–Kier alpha value is -2.68. The van der Waals surface area contributed by atoms with Crippen molar-refractivity contribution in [3.63, 3.8) is 0 Å². The van der Waals surface area contributed by atoms with E-state index in [9.17, 15) is 0 Å². The third kappa shape index (κ3) is 3.46. The van der Waals surface area contributed by atoms with Crippen LogP contribution in [-0.4, -0.2) is 17.9 Å². The minimum absolute atomic E-state index is 0.626. The first kappa shape index (κ1) is 16.2. The number of hydrogen-bond donors (Lipinski definition) is 0. The van der Waals surface area contributed by atoms with Gasteiger partial charge < -0.3 is 0 Å². The average molecular weight is 353 g/mol. The SMILES string of the molecule is CN=c1scc(-c2ccc(Cl)cc2)n1/N=C/c1ccc(C#N)cc1. The highest BCUT2D eigenvalue weighted by molar-refractivity contribution is 7.07. The lowest BCUT2D eigenvalue weighted by Gasteiger charge is -2.03. The fraction of sp³-hybridized carbons (Fsp3) is 0.0556. The fourth-order valence-corrected chi connectivity index (χ4v) is 3.08. The normalized spacial score (nSPS) is 11.8. The second kappa shape index (κ2) is 7.26. The molecule has 6 heteroatoms. The van der Waals surface area contributed by atoms with Gasteiger partial charge in [0.15, 0.2) is 0 Å². The van der Waals surface area contributed by atoms with Crippen molar-refractivity contribution < 1.29 is 0 Å². The van der Waals surface area contributed by atoms with Crippen LogP contribution < -0.4 is 4.80 Å². The van der Waals surface area contributed by atoms with Crippen molar-refractivity contribution >= 4 is 29.2 Å². The number of benzene rings is 2. The van der Waals surface area contributed by atoms with Crippen LogP contribution in [0.1, 0.15) is 11.1 Å². The van der Waals surface area contributed by atoms with E-state index in [1.54, 1.807) is 30.1 Å². The smallest absolute Gasteiger partial charge is 0.205 e. The van der Waals surface area contributed by atoms with E-state index in [-0.39, 0.29) is 0 Å². The molecular formula is C18H13ClN4S. The van der Waals surface area contributed by atoms with Crippen LogP contribution in [-0.2, 0) is 0 Å². The molecule has 0 aliphatic rings. The number of hydrogen-bond acceptors (Lipinski definition) is 4. The van der Waals surface area contributed by atoms with Gasteiger partial charge in [0.1, 0.15) is 0 Å². The summed E-state index contributed by atoms with van der Waals surface area (Å²) in [4.78, 5) is 5.07. The van der Waals surface area contributed by atoms with Crippen LogP contribution >= 0.6 is 22.9 Å². The van der Waals surface area contributed by atoms with Crippen LogP contribution in [0.15, 0.2) is 64.0 Å². The highest BCUT2D eigenvalue weighted by Gasteiger charge is 2.06. The van der Waals surface area contributed by atoms with E-state index in [0.717, 1.165) is 21.6 Å². The van der Waals surface area contributed by atoms with Gasteiger partial charge in [0, 0.05) is 23.0 Å². The van der Waals surface area contributed by atoms with Crippen molar-refractivity contribution in [3.05, 3.63) is 74.9 Å². The van der Waals surface area contributed by atoms with Crippen LogP contribution in [0.2, 0.25) is 5.02 Å². The number of aromatic nitrogens is 1. The predicted octanol–water partition coefficient (Wildman–Crippen LogP) is 4.15. The molecule has 0 saturated carbocycles. The largest absolute Gasteiger partial charge is 0.261 e. The number of thiazole rings is 1. The Bertz CT molecular complexity index is 974. The molecule has 0 radical (unpaired) electrons. The van der Waals surface area contributed by atoms with Crippen LogP contribution in [0.5, 0.6) is 0 Å². The van der Waals surface area contributed by atoms with E-state index in [2.05, 4.69) is 16.2 Å². The summed E-state index contributed by atoms with van der Waals surface area (Å²) in [6.07, 6.45) is 1.75. The maximum atomic E-state index is 8.85. The molecule has 0 unspecified atom stereocenters. The fourth-order valence-electron chi connectivity index (χ4n) is 2.15. The summed E-state index contributed by atoms with van der Waals surface area (Å²) in [6.45, 7) is 0. The van der Waals surface area contributed by atoms with Crippen LogP contribution in [0.3, 0.4) is 0 Å². The first-order valence-electron chi connectivity index (χ1n) is 7.15. The van der Waals surface area contributed by atoms with Crippen molar-refractivity contribution in [1.29, 1.82) is 5.26 Å². The number of nitrogens with zero attached hydrogens (tertiary/aromatic N) is 4. The van der Waals surface area contributed by atoms with Crippen molar-refractivity contribution in [2.24, 2.45) is 10.1 Å². The van der Waals surface area contributed by atoms with E-state index in [0.29, 0.717) is 10.6 Å². The molecule has 0 fully saturated rings. The molecule has 1 heterocycles. The zero-order valence-electron chi connectivity index (χ0n) is 12.8. The zero-order chi connectivity index (χ0) is 16.9. The minimum Gasteiger partial charge on any atom is -0.261 e. The van der Waals surface area contributed by atoms with Gasteiger partial charge in [-0.05, 0) is 29.8 Å². The quantitative estimate of drug-likeness (QED) is 0.653. The van der Waals surface area contributed by atoms with Crippen LogP contribution in [0.25, 0.3) is 11.3 Å². The summed E-state index contributed by atoms with van der Waals surface area (Å²) in [5.41, 5.74) is 3.50. The summed E-state index contributed by atoms with van der Waals surface area (Å²) >= 11 is 7.48. The predicted molar refractivity (Wildman–Crippen MR) is 98.4 cm³/mol. The summed E-state index contributed by atoms with van der Waals surface area (Å²) < 4.78 is 1.80. The molecule has 0 aliphatic heterocycles. The molecule has 4 nitrogen and oxygen atoms in total. The third-order valence-electron chi connectivity index (χ3n) is 3.38. The second-order valence-electron chi connectivity index (χ2n) is 4.92. The molecule has 0 spiro atoms. The minimum atomic E-state index is 0.626. The summed E-state index contributed by atoms with van der Waals surface area (Å²) in [6, 6.07) is 17.0. The number of rotatable bonds is 3. The number of nitriles is 1. The average Bonchev–Trinajstić information content (AvgIpc) is 3.04. The van der Waals surface area contributed by atoms with Gasteiger partial charge in [-0.15, -0.1) is 11.3 Å². The Labute approximate surface area is 148 Å². The first-order chi connectivity index (χ1) is 11.7. The Balaban J connectivity index is 2.00. The summed E-state index contributed by atoms with van der Waals surface area (Å²) in [5, 5.41) is 16.1. The monoisotopic (exact) mass is 352 g/mol. The molecular weight excluding hydrogens is 340 g/mol. The summed E-state index contributed by atoms with van der Waals surface area (Å²) in [7, 11) is 1.74. The summed E-state index contributed by atoms with van der Waals surface area (Å²) in [5.74, 6) is 0. The maximum absolute atomic E-state index is 8.85. The lowest BCUT2D eigenvalue weighted by Crippen LogP contribution is -2.11.